The van der Waals surface area contributed by atoms with Gasteiger partial charge in [0.1, 0.15) is 5.78 Å². The van der Waals surface area contributed by atoms with E-state index in [4.69, 9.17) is 0 Å². The summed E-state index contributed by atoms with van der Waals surface area (Å²) in [6.45, 7) is 0. The molecule has 1 amide bonds. The zero-order valence-electron chi connectivity index (χ0n) is 11.9. The molecule has 0 N–H and O–H groups in total. The fourth-order valence-electron chi connectivity index (χ4n) is 3.05. The molecule has 0 bridgehead atoms. The van der Waals surface area contributed by atoms with Crippen LogP contribution in [0.2, 0.25) is 0 Å². The van der Waals surface area contributed by atoms with E-state index in [1.807, 2.05) is 30.4 Å². The van der Waals surface area contributed by atoms with Crippen LogP contribution in [0.15, 0.2) is 54.9 Å². The minimum Gasteiger partial charge on any atom is -0.299 e. The predicted octanol–water partition coefficient (Wildman–Crippen LogP) is 3.55. The number of Topliss-reactive ketones (excluding diaryl/α,β-unsaturated/α-hetero) is 1. The van der Waals surface area contributed by atoms with Crippen LogP contribution in [0.3, 0.4) is 0 Å². The van der Waals surface area contributed by atoms with E-state index in [0.29, 0.717) is 17.8 Å². The Labute approximate surface area is 125 Å². The molecule has 108 valence electrons. The van der Waals surface area contributed by atoms with Gasteiger partial charge in [0.25, 0.3) is 5.91 Å². The van der Waals surface area contributed by atoms with Crippen LogP contribution in [0.1, 0.15) is 36.0 Å². The van der Waals surface area contributed by atoms with E-state index in [9.17, 15) is 9.59 Å². The normalized spacial score (nSPS) is 22.6. The first-order chi connectivity index (χ1) is 10.3. The molecule has 3 heteroatoms. The zero-order chi connectivity index (χ0) is 14.7. The largest absolute Gasteiger partial charge is 0.299 e. The van der Waals surface area contributed by atoms with Gasteiger partial charge in [0.2, 0.25) is 0 Å². The summed E-state index contributed by atoms with van der Waals surface area (Å²) in [6.07, 6.45) is 11.4. The molecule has 2 aliphatic rings. The molecule has 21 heavy (non-hydrogen) atoms. The van der Waals surface area contributed by atoms with Crippen molar-refractivity contribution in [3.05, 3.63) is 60.4 Å². The zero-order valence-corrected chi connectivity index (χ0v) is 11.9. The highest BCUT2D eigenvalue weighted by molar-refractivity contribution is 5.95. The number of carbonyl (C=O) groups excluding carboxylic acids is 2. The summed E-state index contributed by atoms with van der Waals surface area (Å²) in [5.41, 5.74) is 0.666. The third kappa shape index (κ3) is 2.97. The summed E-state index contributed by atoms with van der Waals surface area (Å²) in [6, 6.07) is 9.22. The molecule has 1 heterocycles. The highest BCUT2D eigenvalue weighted by atomic mass is 16.2. The minimum absolute atomic E-state index is 0.0449. The summed E-state index contributed by atoms with van der Waals surface area (Å²) in [4.78, 5) is 25.9. The first-order valence-corrected chi connectivity index (χ1v) is 7.53. The van der Waals surface area contributed by atoms with Gasteiger partial charge in [0.05, 0.1) is 0 Å². The topological polar surface area (TPSA) is 37.4 Å². The van der Waals surface area contributed by atoms with Crippen LogP contribution in [0.5, 0.6) is 0 Å². The molecule has 1 aliphatic carbocycles. The average Bonchev–Trinajstić information content (AvgIpc) is 2.56. The van der Waals surface area contributed by atoms with Crippen molar-refractivity contribution in [3.63, 3.8) is 0 Å². The second-order valence-electron chi connectivity index (χ2n) is 5.66. The lowest BCUT2D eigenvalue weighted by Crippen LogP contribution is -2.29. The highest BCUT2D eigenvalue weighted by Crippen LogP contribution is 2.30. The number of benzene rings is 1. The van der Waals surface area contributed by atoms with Crippen molar-refractivity contribution in [3.8, 4) is 0 Å². The van der Waals surface area contributed by atoms with Crippen molar-refractivity contribution in [2.24, 2.45) is 11.8 Å². The van der Waals surface area contributed by atoms with E-state index >= 15 is 0 Å². The SMILES string of the molecule is O=C1CCCCC1C1C=CN(C(=O)c2ccccc2)C=C1. The van der Waals surface area contributed by atoms with Gasteiger partial charge in [-0.3, -0.25) is 14.5 Å². The molecule has 0 saturated heterocycles. The number of carbonyl (C=O) groups is 2. The molecule has 1 aromatic carbocycles. The van der Waals surface area contributed by atoms with Crippen molar-refractivity contribution in [2.45, 2.75) is 25.7 Å². The number of nitrogens with zero attached hydrogens (tertiary/aromatic N) is 1. The Morgan fingerprint density at radius 3 is 2.43 bits per heavy atom. The number of hydrogen-bond acceptors (Lipinski definition) is 2. The van der Waals surface area contributed by atoms with Gasteiger partial charge in [-0.1, -0.05) is 36.8 Å². The van der Waals surface area contributed by atoms with Crippen LogP contribution in [0.4, 0.5) is 0 Å². The van der Waals surface area contributed by atoms with Crippen molar-refractivity contribution in [1.29, 1.82) is 0 Å². The van der Waals surface area contributed by atoms with Gasteiger partial charge in [-0.05, 0) is 25.0 Å². The molecule has 1 saturated carbocycles. The Balaban J connectivity index is 1.68. The van der Waals surface area contributed by atoms with Crippen molar-refractivity contribution in [2.75, 3.05) is 0 Å². The Morgan fingerprint density at radius 1 is 1.05 bits per heavy atom. The second-order valence-corrected chi connectivity index (χ2v) is 5.66. The third-order valence-corrected chi connectivity index (χ3v) is 4.26. The van der Waals surface area contributed by atoms with Crippen LogP contribution in [0, 0.1) is 11.8 Å². The van der Waals surface area contributed by atoms with Crippen molar-refractivity contribution >= 4 is 11.7 Å². The van der Waals surface area contributed by atoms with Gasteiger partial charge in [-0.2, -0.15) is 0 Å². The van der Waals surface area contributed by atoms with Crippen LogP contribution in [0.25, 0.3) is 0 Å². The number of rotatable bonds is 2. The Morgan fingerprint density at radius 2 is 1.76 bits per heavy atom. The van der Waals surface area contributed by atoms with E-state index < -0.39 is 0 Å². The van der Waals surface area contributed by atoms with Crippen LogP contribution >= 0.6 is 0 Å². The minimum atomic E-state index is -0.0449. The molecule has 0 aromatic heterocycles. The quantitative estimate of drug-likeness (QED) is 0.831. The standard InChI is InChI=1S/C18H19NO2/c20-17-9-5-4-8-16(17)14-10-12-19(13-11-14)18(21)15-6-2-1-3-7-15/h1-3,6-7,10-14,16H,4-5,8-9H2. The molecular weight excluding hydrogens is 262 g/mol. The maximum atomic E-state index is 12.3. The van der Waals surface area contributed by atoms with Crippen molar-refractivity contribution < 1.29 is 9.59 Å². The van der Waals surface area contributed by atoms with E-state index in [2.05, 4.69) is 0 Å². The number of hydrogen-bond donors (Lipinski definition) is 0. The lowest BCUT2D eigenvalue weighted by molar-refractivity contribution is -0.125. The third-order valence-electron chi connectivity index (χ3n) is 4.26. The molecule has 3 nitrogen and oxygen atoms in total. The first-order valence-electron chi connectivity index (χ1n) is 7.53. The van der Waals surface area contributed by atoms with E-state index in [1.165, 1.54) is 0 Å². The van der Waals surface area contributed by atoms with Crippen molar-refractivity contribution in [1.82, 2.24) is 4.90 Å². The van der Waals surface area contributed by atoms with E-state index in [1.54, 1.807) is 29.4 Å². The summed E-state index contributed by atoms with van der Waals surface area (Å²) in [5, 5.41) is 0. The molecule has 1 unspecified atom stereocenters. The van der Waals surface area contributed by atoms with Gasteiger partial charge < -0.3 is 0 Å². The summed E-state index contributed by atoms with van der Waals surface area (Å²) < 4.78 is 0. The molecule has 0 spiro atoms. The summed E-state index contributed by atoms with van der Waals surface area (Å²) in [5.74, 6) is 0.553. The molecule has 3 rings (SSSR count). The summed E-state index contributed by atoms with van der Waals surface area (Å²) in [7, 11) is 0. The van der Waals surface area contributed by atoms with E-state index in [0.717, 1.165) is 19.3 Å². The monoisotopic (exact) mass is 281 g/mol. The second kappa shape index (κ2) is 6.08. The lowest BCUT2D eigenvalue weighted by atomic mass is 9.78. The highest BCUT2D eigenvalue weighted by Gasteiger charge is 2.29. The average molecular weight is 281 g/mol. The van der Waals surface area contributed by atoms with Gasteiger partial charge >= 0.3 is 0 Å². The Hall–Kier alpha value is -2.16. The molecule has 1 aliphatic heterocycles. The maximum absolute atomic E-state index is 12.3. The van der Waals surface area contributed by atoms with Crippen LogP contribution in [-0.4, -0.2) is 16.6 Å². The van der Waals surface area contributed by atoms with Crippen LogP contribution < -0.4 is 0 Å². The van der Waals surface area contributed by atoms with Gasteiger partial charge in [0.15, 0.2) is 0 Å². The molecule has 0 radical (unpaired) electrons. The first kappa shape index (κ1) is 13.8. The number of allylic oxidation sites excluding steroid dienone is 2. The maximum Gasteiger partial charge on any atom is 0.261 e. The van der Waals surface area contributed by atoms with Gasteiger partial charge in [-0.25, -0.2) is 0 Å². The van der Waals surface area contributed by atoms with Gasteiger partial charge in [0, 0.05) is 36.2 Å². The van der Waals surface area contributed by atoms with Crippen LogP contribution in [-0.2, 0) is 4.79 Å². The summed E-state index contributed by atoms with van der Waals surface area (Å²) >= 11 is 0. The number of ketones is 1. The molecule has 1 atom stereocenters. The Kier molecular flexibility index (Phi) is 4.00. The molecular formula is C18H19NO2. The molecule has 1 fully saturated rings. The smallest absolute Gasteiger partial charge is 0.261 e. The fraction of sp³-hybridized carbons (Fsp3) is 0.333. The number of amides is 1. The molecule has 1 aromatic rings. The Bertz CT molecular complexity index is 574. The van der Waals surface area contributed by atoms with E-state index in [-0.39, 0.29) is 17.7 Å². The fourth-order valence-corrected chi connectivity index (χ4v) is 3.05. The predicted molar refractivity (Wildman–Crippen MR) is 81.3 cm³/mol. The van der Waals surface area contributed by atoms with Gasteiger partial charge in [-0.15, -0.1) is 0 Å². The lowest BCUT2D eigenvalue weighted by Gasteiger charge is -2.28.